The van der Waals surface area contributed by atoms with Gasteiger partial charge in [-0.2, -0.15) is 4.98 Å². The maximum atomic E-state index is 5.14. The van der Waals surface area contributed by atoms with Crippen LogP contribution in [0.1, 0.15) is 17.3 Å². The smallest absolute Gasteiger partial charge is 0.228 e. The standard InChI is InChI=1S/C15H21N5O2.HI/c1-11-19-14(22-20-11)8-9-17-15(16-2)18-10-12-4-6-13(21-3)7-5-12;/h4-7H,8-10H2,1-3H3,(H2,16,17,18);1H. The maximum absolute atomic E-state index is 5.14. The molecular formula is C15H22IN5O2. The molecule has 1 heterocycles. The molecule has 2 N–H and O–H groups in total. The predicted octanol–water partition coefficient (Wildman–Crippen LogP) is 1.91. The molecule has 0 bridgehead atoms. The highest BCUT2D eigenvalue weighted by Gasteiger charge is 2.03. The van der Waals surface area contributed by atoms with Crippen LogP contribution in [0.4, 0.5) is 0 Å². The predicted molar refractivity (Wildman–Crippen MR) is 99.3 cm³/mol. The van der Waals surface area contributed by atoms with Gasteiger partial charge in [0.15, 0.2) is 11.8 Å². The van der Waals surface area contributed by atoms with Gasteiger partial charge in [-0.3, -0.25) is 4.99 Å². The molecule has 2 rings (SSSR count). The summed E-state index contributed by atoms with van der Waals surface area (Å²) in [6.45, 7) is 3.16. The molecule has 23 heavy (non-hydrogen) atoms. The average Bonchev–Trinajstić information content (AvgIpc) is 2.96. The zero-order chi connectivity index (χ0) is 15.8. The van der Waals surface area contributed by atoms with Gasteiger partial charge in [-0.25, -0.2) is 0 Å². The van der Waals surface area contributed by atoms with Gasteiger partial charge in [0.1, 0.15) is 5.75 Å². The van der Waals surface area contributed by atoms with E-state index >= 15 is 0 Å². The average molecular weight is 431 g/mol. The molecule has 2 aromatic rings. The fraction of sp³-hybridized carbons (Fsp3) is 0.400. The van der Waals surface area contributed by atoms with Crippen LogP contribution in [0.3, 0.4) is 0 Å². The lowest BCUT2D eigenvalue weighted by atomic mass is 10.2. The summed E-state index contributed by atoms with van der Waals surface area (Å²) < 4.78 is 10.2. The van der Waals surface area contributed by atoms with E-state index in [1.807, 2.05) is 24.3 Å². The van der Waals surface area contributed by atoms with E-state index in [9.17, 15) is 0 Å². The fourth-order valence-electron chi connectivity index (χ4n) is 1.88. The Morgan fingerprint density at radius 2 is 2.00 bits per heavy atom. The number of aromatic nitrogens is 2. The Hall–Kier alpha value is -1.84. The third-order valence-electron chi connectivity index (χ3n) is 3.04. The first-order valence-corrected chi connectivity index (χ1v) is 7.08. The van der Waals surface area contributed by atoms with Crippen molar-refractivity contribution in [3.05, 3.63) is 41.5 Å². The summed E-state index contributed by atoms with van der Waals surface area (Å²) in [4.78, 5) is 8.33. The zero-order valence-corrected chi connectivity index (χ0v) is 15.8. The van der Waals surface area contributed by atoms with Crippen molar-refractivity contribution in [1.82, 2.24) is 20.8 Å². The number of rotatable bonds is 6. The van der Waals surface area contributed by atoms with Crippen LogP contribution in [-0.4, -0.2) is 36.8 Å². The van der Waals surface area contributed by atoms with Gasteiger partial charge in [-0.1, -0.05) is 17.3 Å². The summed E-state index contributed by atoms with van der Waals surface area (Å²) in [5.74, 6) is 2.85. The van der Waals surface area contributed by atoms with E-state index in [-0.39, 0.29) is 24.0 Å². The molecule has 8 heteroatoms. The second-order valence-corrected chi connectivity index (χ2v) is 4.69. The molecule has 0 unspecified atom stereocenters. The first-order chi connectivity index (χ1) is 10.7. The SMILES string of the molecule is CN=C(NCCc1nc(C)no1)NCc1ccc(OC)cc1.I. The molecule has 0 amide bonds. The van der Waals surface area contributed by atoms with Crippen molar-refractivity contribution in [1.29, 1.82) is 0 Å². The quantitative estimate of drug-likeness (QED) is 0.413. The molecule has 0 atom stereocenters. The Kier molecular flexibility index (Phi) is 8.38. The first kappa shape index (κ1) is 19.2. The van der Waals surface area contributed by atoms with Gasteiger partial charge in [0.2, 0.25) is 5.89 Å². The summed E-state index contributed by atoms with van der Waals surface area (Å²) in [6, 6.07) is 7.90. The summed E-state index contributed by atoms with van der Waals surface area (Å²) in [6.07, 6.45) is 0.657. The van der Waals surface area contributed by atoms with Gasteiger partial charge < -0.3 is 19.9 Å². The number of ether oxygens (including phenoxy) is 1. The minimum atomic E-state index is 0. The van der Waals surface area contributed by atoms with Gasteiger partial charge in [-0.05, 0) is 24.6 Å². The zero-order valence-electron chi connectivity index (χ0n) is 13.5. The lowest BCUT2D eigenvalue weighted by Crippen LogP contribution is -2.37. The molecule has 0 aliphatic heterocycles. The van der Waals surface area contributed by atoms with Crippen molar-refractivity contribution in [3.8, 4) is 5.75 Å². The summed E-state index contributed by atoms with van der Waals surface area (Å²) >= 11 is 0. The van der Waals surface area contributed by atoms with Gasteiger partial charge >= 0.3 is 0 Å². The maximum Gasteiger partial charge on any atom is 0.228 e. The van der Waals surface area contributed by atoms with Gasteiger partial charge in [0.05, 0.1) is 7.11 Å². The highest BCUT2D eigenvalue weighted by Crippen LogP contribution is 2.10. The van der Waals surface area contributed by atoms with E-state index in [4.69, 9.17) is 9.26 Å². The second-order valence-electron chi connectivity index (χ2n) is 4.69. The molecule has 1 aromatic heterocycles. The molecule has 0 radical (unpaired) electrons. The topological polar surface area (TPSA) is 84.6 Å². The van der Waals surface area contributed by atoms with Crippen LogP contribution in [0, 0.1) is 6.92 Å². The molecule has 0 fully saturated rings. The monoisotopic (exact) mass is 431 g/mol. The van der Waals surface area contributed by atoms with E-state index in [2.05, 4.69) is 25.8 Å². The lowest BCUT2D eigenvalue weighted by molar-refractivity contribution is 0.374. The van der Waals surface area contributed by atoms with Crippen molar-refractivity contribution < 1.29 is 9.26 Å². The Labute approximate surface area is 152 Å². The van der Waals surface area contributed by atoms with Crippen LogP contribution in [0.2, 0.25) is 0 Å². The Morgan fingerprint density at radius 1 is 1.26 bits per heavy atom. The van der Waals surface area contributed by atoms with Crippen LogP contribution >= 0.6 is 24.0 Å². The molecule has 0 saturated heterocycles. The van der Waals surface area contributed by atoms with Crippen LogP contribution in [0.25, 0.3) is 0 Å². The summed E-state index contributed by atoms with van der Waals surface area (Å²) in [5, 5.41) is 10.2. The highest BCUT2D eigenvalue weighted by atomic mass is 127. The molecular weight excluding hydrogens is 409 g/mol. The van der Waals surface area contributed by atoms with Gasteiger partial charge in [-0.15, -0.1) is 24.0 Å². The van der Waals surface area contributed by atoms with Crippen LogP contribution in [-0.2, 0) is 13.0 Å². The summed E-state index contributed by atoms with van der Waals surface area (Å²) in [5.41, 5.74) is 1.15. The first-order valence-electron chi connectivity index (χ1n) is 7.08. The van der Waals surface area contributed by atoms with Crippen molar-refractivity contribution in [2.24, 2.45) is 4.99 Å². The van der Waals surface area contributed by atoms with Gasteiger partial charge in [0, 0.05) is 26.6 Å². The number of aliphatic imine (C=N–C) groups is 1. The van der Waals surface area contributed by atoms with E-state index in [1.165, 1.54) is 0 Å². The molecule has 7 nitrogen and oxygen atoms in total. The molecule has 1 aromatic carbocycles. The van der Waals surface area contributed by atoms with E-state index < -0.39 is 0 Å². The molecule has 0 saturated carbocycles. The Balaban J connectivity index is 0.00000264. The third-order valence-corrected chi connectivity index (χ3v) is 3.04. The minimum absolute atomic E-state index is 0. The lowest BCUT2D eigenvalue weighted by Gasteiger charge is -2.11. The molecule has 0 aliphatic carbocycles. The number of hydrogen-bond donors (Lipinski definition) is 2. The number of benzene rings is 1. The number of methoxy groups -OCH3 is 1. The molecule has 126 valence electrons. The van der Waals surface area contributed by atoms with Crippen molar-refractivity contribution >= 4 is 29.9 Å². The Morgan fingerprint density at radius 3 is 2.57 bits per heavy atom. The van der Waals surface area contributed by atoms with Crippen molar-refractivity contribution in [2.75, 3.05) is 20.7 Å². The molecule has 0 spiro atoms. The van der Waals surface area contributed by atoms with Crippen LogP contribution in [0.15, 0.2) is 33.8 Å². The number of aryl methyl sites for hydroxylation is 1. The number of halogens is 1. The van der Waals surface area contributed by atoms with Crippen LogP contribution < -0.4 is 15.4 Å². The number of guanidine groups is 1. The Bertz CT molecular complexity index is 613. The third kappa shape index (κ3) is 6.43. The second kappa shape index (κ2) is 10.0. The minimum Gasteiger partial charge on any atom is -0.497 e. The van der Waals surface area contributed by atoms with Gasteiger partial charge in [0.25, 0.3) is 0 Å². The number of nitrogens with zero attached hydrogens (tertiary/aromatic N) is 3. The van der Waals surface area contributed by atoms with E-state index in [0.29, 0.717) is 31.2 Å². The number of nitrogens with one attached hydrogen (secondary N) is 2. The molecule has 0 aliphatic rings. The fourth-order valence-corrected chi connectivity index (χ4v) is 1.88. The van der Waals surface area contributed by atoms with Crippen LogP contribution in [0.5, 0.6) is 5.75 Å². The van der Waals surface area contributed by atoms with E-state index in [0.717, 1.165) is 17.3 Å². The van der Waals surface area contributed by atoms with Crippen molar-refractivity contribution in [2.45, 2.75) is 19.9 Å². The van der Waals surface area contributed by atoms with Crippen molar-refractivity contribution in [3.63, 3.8) is 0 Å². The largest absolute Gasteiger partial charge is 0.497 e. The highest BCUT2D eigenvalue weighted by molar-refractivity contribution is 14.0. The normalized spacial score (nSPS) is 10.8. The van der Waals surface area contributed by atoms with E-state index in [1.54, 1.807) is 21.1 Å². The summed E-state index contributed by atoms with van der Waals surface area (Å²) in [7, 11) is 3.39. The number of hydrogen-bond acceptors (Lipinski definition) is 5.